The summed E-state index contributed by atoms with van der Waals surface area (Å²) in [5.74, 6) is 0. The van der Waals surface area contributed by atoms with Crippen molar-refractivity contribution in [3.05, 3.63) is 373 Å². The van der Waals surface area contributed by atoms with Gasteiger partial charge in [-0.25, -0.2) is 0 Å². The minimum atomic E-state index is -0.928. The van der Waals surface area contributed by atoms with Crippen molar-refractivity contribution in [2.75, 3.05) is 9.80 Å². The summed E-state index contributed by atoms with van der Waals surface area (Å²) < 4.78 is 0. The molecule has 0 aliphatic heterocycles. The number of para-hydroxylation sites is 2. The van der Waals surface area contributed by atoms with Gasteiger partial charge in [0, 0.05) is 33.5 Å². The second kappa shape index (κ2) is 19.6. The zero-order chi connectivity index (χ0) is 57.9. The molecule has 2 unspecified atom stereocenters. The lowest BCUT2D eigenvalue weighted by Crippen LogP contribution is -2.50. The lowest BCUT2D eigenvalue weighted by atomic mass is 9.49. The third kappa shape index (κ3) is 7.06. The number of nitrogens with zero attached hydrogens (tertiary/aromatic N) is 2. The van der Waals surface area contributed by atoms with Crippen molar-refractivity contribution in [2.24, 2.45) is 0 Å². The molecule has 18 rings (SSSR count). The Morgan fingerprint density at radius 3 is 0.909 bits per heavy atom. The quantitative estimate of drug-likeness (QED) is 0.133. The van der Waals surface area contributed by atoms with Crippen LogP contribution in [0.1, 0.15) is 33.4 Å². The van der Waals surface area contributed by atoms with E-state index in [0.717, 1.165) is 34.1 Å². The number of anilines is 6. The molecule has 0 saturated heterocycles. The van der Waals surface area contributed by atoms with Crippen LogP contribution in [0.5, 0.6) is 0 Å². The van der Waals surface area contributed by atoms with Crippen molar-refractivity contribution in [1.29, 1.82) is 0 Å². The van der Waals surface area contributed by atoms with Gasteiger partial charge < -0.3 is 9.80 Å². The molecule has 0 fully saturated rings. The normalized spacial score (nSPS) is 15.6. The molecular formula is C86H56N2. The van der Waals surface area contributed by atoms with E-state index in [1.807, 2.05) is 0 Å². The number of fused-ring (bicyclic) bond motifs is 16. The number of hydrogen-bond acceptors (Lipinski definition) is 2. The summed E-state index contributed by atoms with van der Waals surface area (Å²) in [5.41, 5.74) is 17.2. The molecule has 2 nitrogen and oxygen atoms in total. The van der Waals surface area contributed by atoms with Crippen LogP contribution in [0.25, 0.3) is 86.9 Å². The highest BCUT2D eigenvalue weighted by atomic mass is 15.2. The van der Waals surface area contributed by atoms with Gasteiger partial charge in [-0.05, 0) is 170 Å². The molecule has 0 heterocycles. The standard InChI is InChI=1S/C86H56N2/c1-5-27-61(28-6-1)85(77-43-23-21-41-73(77)83-71-39-19-17-37-69(71)81(55-79(83)85)87(63-31-9-3-10-32-63)65-51-49-59-47-45-57-25-13-15-35-67(57)75(59)53-65)86(62-29-7-2-8-30-62)78-44-24-22-42-74(78)84-72-40-20-18-38-70(72)82(56-80(84)86)88(64-33-11-4-12-34-64)66-52-50-60-48-46-58-26-14-16-36-68(58)76(60)54-66/h1-56H. The van der Waals surface area contributed by atoms with E-state index in [4.69, 9.17) is 0 Å². The number of benzene rings is 16. The molecule has 0 bridgehead atoms. The van der Waals surface area contributed by atoms with Crippen LogP contribution >= 0.6 is 0 Å². The first kappa shape index (κ1) is 50.0. The Balaban J connectivity index is 1.01. The van der Waals surface area contributed by atoms with Crippen molar-refractivity contribution in [2.45, 2.75) is 10.8 Å². The van der Waals surface area contributed by atoms with Crippen molar-refractivity contribution in [3.63, 3.8) is 0 Å². The summed E-state index contributed by atoms with van der Waals surface area (Å²) in [6.07, 6.45) is 0. The maximum absolute atomic E-state index is 2.62. The lowest BCUT2D eigenvalue weighted by molar-refractivity contribution is 0.438. The Bertz CT molecular complexity index is 5120. The van der Waals surface area contributed by atoms with E-state index >= 15 is 0 Å². The molecule has 410 valence electrons. The van der Waals surface area contributed by atoms with Crippen LogP contribution in [0.2, 0.25) is 0 Å². The van der Waals surface area contributed by atoms with Crippen LogP contribution in [-0.2, 0) is 10.8 Å². The zero-order valence-electron chi connectivity index (χ0n) is 48.2. The molecule has 0 N–H and O–H groups in total. The van der Waals surface area contributed by atoms with E-state index in [9.17, 15) is 0 Å². The van der Waals surface area contributed by atoms with Crippen LogP contribution in [-0.4, -0.2) is 0 Å². The Hall–Kier alpha value is -11.3. The summed E-state index contributed by atoms with van der Waals surface area (Å²) in [5, 5.41) is 14.6. The summed E-state index contributed by atoms with van der Waals surface area (Å²) >= 11 is 0. The molecule has 0 amide bonds. The Labute approximate surface area is 511 Å². The van der Waals surface area contributed by atoms with E-state index in [2.05, 4.69) is 350 Å². The minimum Gasteiger partial charge on any atom is -0.310 e. The SMILES string of the molecule is c1ccc(N(c2ccc3ccc4ccccc4c3c2)c2cc3c(c4ccccc24)-c2ccccc2C3(c2ccccc2)C2(c3ccccc3)c3ccccc3-c3c2cc(N(c2ccccc2)c2ccc4ccc5ccccc5c4c2)c2ccccc32)cc1. The molecule has 2 aliphatic carbocycles. The van der Waals surface area contributed by atoms with Crippen molar-refractivity contribution >= 4 is 98.8 Å². The Kier molecular flexibility index (Phi) is 11.2. The van der Waals surface area contributed by atoms with Crippen molar-refractivity contribution in [3.8, 4) is 22.3 Å². The molecular weight excluding hydrogens is 1060 g/mol. The van der Waals surface area contributed by atoms with Gasteiger partial charge >= 0.3 is 0 Å². The lowest BCUT2D eigenvalue weighted by Gasteiger charge is -2.51. The van der Waals surface area contributed by atoms with Crippen LogP contribution in [0.15, 0.2) is 340 Å². The van der Waals surface area contributed by atoms with E-state index in [1.165, 1.54) is 120 Å². The minimum absolute atomic E-state index is 0.928. The highest BCUT2D eigenvalue weighted by Gasteiger charge is 2.65. The topological polar surface area (TPSA) is 6.48 Å². The highest BCUT2D eigenvalue weighted by Crippen LogP contribution is 2.72. The van der Waals surface area contributed by atoms with Crippen LogP contribution in [0.3, 0.4) is 0 Å². The molecule has 0 saturated carbocycles. The average Bonchev–Trinajstić information content (AvgIpc) is 1.46. The van der Waals surface area contributed by atoms with Gasteiger partial charge in [0.1, 0.15) is 0 Å². The third-order valence-electron chi connectivity index (χ3n) is 19.5. The van der Waals surface area contributed by atoms with Gasteiger partial charge in [-0.2, -0.15) is 0 Å². The summed E-state index contributed by atoms with van der Waals surface area (Å²) in [6, 6.07) is 128. The van der Waals surface area contributed by atoms with Gasteiger partial charge in [0.15, 0.2) is 0 Å². The van der Waals surface area contributed by atoms with E-state index < -0.39 is 10.8 Å². The predicted octanol–water partition coefficient (Wildman–Crippen LogP) is 22.9. The van der Waals surface area contributed by atoms with Crippen LogP contribution in [0, 0.1) is 0 Å². The van der Waals surface area contributed by atoms with E-state index in [1.54, 1.807) is 0 Å². The molecule has 0 spiro atoms. The molecule has 2 heteroatoms. The van der Waals surface area contributed by atoms with Gasteiger partial charge in [-0.15, -0.1) is 0 Å². The van der Waals surface area contributed by atoms with Gasteiger partial charge in [0.2, 0.25) is 0 Å². The molecule has 16 aromatic carbocycles. The molecule has 2 atom stereocenters. The monoisotopic (exact) mass is 1120 g/mol. The summed E-state index contributed by atoms with van der Waals surface area (Å²) in [4.78, 5) is 5.06. The molecule has 2 aliphatic rings. The van der Waals surface area contributed by atoms with Crippen LogP contribution < -0.4 is 9.80 Å². The number of rotatable bonds is 9. The Morgan fingerprint density at radius 2 is 0.500 bits per heavy atom. The average molecular weight is 1120 g/mol. The Morgan fingerprint density at radius 1 is 0.193 bits per heavy atom. The van der Waals surface area contributed by atoms with E-state index in [0.29, 0.717) is 0 Å². The summed E-state index contributed by atoms with van der Waals surface area (Å²) in [6.45, 7) is 0. The molecule has 88 heavy (non-hydrogen) atoms. The molecule has 0 radical (unpaired) electrons. The van der Waals surface area contributed by atoms with Crippen LogP contribution in [0.4, 0.5) is 34.1 Å². The highest BCUT2D eigenvalue weighted by molar-refractivity contribution is 6.16. The molecule has 0 aromatic heterocycles. The second-order valence-corrected chi connectivity index (χ2v) is 23.8. The van der Waals surface area contributed by atoms with Gasteiger partial charge in [0.25, 0.3) is 0 Å². The maximum Gasteiger partial charge on any atom is 0.0642 e. The van der Waals surface area contributed by atoms with Crippen molar-refractivity contribution < 1.29 is 0 Å². The third-order valence-corrected chi connectivity index (χ3v) is 19.5. The van der Waals surface area contributed by atoms with Gasteiger partial charge in [-0.3, -0.25) is 0 Å². The molecule has 16 aromatic rings. The number of hydrogen-bond donors (Lipinski definition) is 0. The summed E-state index contributed by atoms with van der Waals surface area (Å²) in [7, 11) is 0. The first-order valence-electron chi connectivity index (χ1n) is 30.7. The predicted molar refractivity (Wildman–Crippen MR) is 371 cm³/mol. The first-order valence-corrected chi connectivity index (χ1v) is 30.7. The van der Waals surface area contributed by atoms with E-state index in [-0.39, 0.29) is 0 Å². The van der Waals surface area contributed by atoms with Gasteiger partial charge in [-0.1, -0.05) is 279 Å². The maximum atomic E-state index is 2.62. The second-order valence-electron chi connectivity index (χ2n) is 23.8. The zero-order valence-corrected chi connectivity index (χ0v) is 48.2. The first-order chi connectivity index (χ1) is 43.7. The van der Waals surface area contributed by atoms with Crippen molar-refractivity contribution in [1.82, 2.24) is 0 Å². The van der Waals surface area contributed by atoms with Gasteiger partial charge in [0.05, 0.1) is 22.2 Å². The largest absolute Gasteiger partial charge is 0.310 e. The smallest absolute Gasteiger partial charge is 0.0642 e. The fraction of sp³-hybridized carbons (Fsp3) is 0.0233. The fourth-order valence-electron chi connectivity index (χ4n) is 16.1. The fourth-order valence-corrected chi connectivity index (χ4v) is 16.1.